The lowest BCUT2D eigenvalue weighted by atomic mass is 9.80. The van der Waals surface area contributed by atoms with Crippen LogP contribution in [0.3, 0.4) is 0 Å². The molecule has 1 heterocycles. The predicted octanol–water partition coefficient (Wildman–Crippen LogP) is 6.61. The van der Waals surface area contributed by atoms with Crippen molar-refractivity contribution in [2.24, 2.45) is 11.8 Å². The summed E-state index contributed by atoms with van der Waals surface area (Å²) < 4.78 is 18.8. The van der Waals surface area contributed by atoms with Crippen LogP contribution in [0.1, 0.15) is 113 Å². The Kier molecular flexibility index (Phi) is 10.9. The van der Waals surface area contributed by atoms with E-state index < -0.39 is 0 Å². The Balaban J connectivity index is 1.70. The van der Waals surface area contributed by atoms with Gasteiger partial charge in [0.25, 0.3) is 0 Å². The molecule has 1 saturated heterocycles. The summed E-state index contributed by atoms with van der Waals surface area (Å²) >= 11 is 0. The molecule has 0 aromatic carbocycles. The number of piperidine rings is 1. The molecule has 1 saturated carbocycles. The van der Waals surface area contributed by atoms with Crippen molar-refractivity contribution in [3.63, 3.8) is 0 Å². The van der Waals surface area contributed by atoms with Crippen LogP contribution in [0.4, 0.5) is 0 Å². The molecule has 1 N–H and O–H groups in total. The van der Waals surface area contributed by atoms with E-state index >= 15 is 0 Å². The summed E-state index contributed by atoms with van der Waals surface area (Å²) in [4.78, 5) is 0. The molecule has 0 amide bonds. The highest BCUT2D eigenvalue weighted by molar-refractivity contribution is 4.97. The number of rotatable bonds is 12. The first-order chi connectivity index (χ1) is 15.0. The van der Waals surface area contributed by atoms with Crippen LogP contribution in [0.5, 0.6) is 0 Å². The Morgan fingerprint density at radius 1 is 0.812 bits per heavy atom. The van der Waals surface area contributed by atoms with Gasteiger partial charge in [0.2, 0.25) is 0 Å². The molecule has 2 aliphatic rings. The third-order valence-electron chi connectivity index (χ3n) is 7.81. The van der Waals surface area contributed by atoms with Crippen molar-refractivity contribution in [3.8, 4) is 0 Å². The van der Waals surface area contributed by atoms with Crippen LogP contribution in [0.2, 0.25) is 0 Å². The molecule has 0 bridgehead atoms. The van der Waals surface area contributed by atoms with Crippen LogP contribution in [0.25, 0.3) is 0 Å². The van der Waals surface area contributed by atoms with Gasteiger partial charge in [0.15, 0.2) is 0 Å². The van der Waals surface area contributed by atoms with Gasteiger partial charge >= 0.3 is 0 Å². The Labute approximate surface area is 198 Å². The van der Waals surface area contributed by atoms with Gasteiger partial charge in [-0.05, 0) is 111 Å². The van der Waals surface area contributed by atoms with E-state index in [9.17, 15) is 5.21 Å². The molecule has 2 fully saturated rings. The summed E-state index contributed by atoms with van der Waals surface area (Å²) in [5.74, 6) is 1.42. The SMILES string of the molecule is CCC(C)OCC1CCC(COC(C)CC(CC)OC2CC(C)(C)N(O)C(C)(C)C2)CC1. The summed E-state index contributed by atoms with van der Waals surface area (Å²) in [6.07, 6.45) is 10.8. The maximum Gasteiger partial charge on any atom is 0.0615 e. The molecular formula is C27H53NO4. The number of nitrogens with zero attached hydrogens (tertiary/aromatic N) is 1. The second kappa shape index (κ2) is 12.5. The summed E-state index contributed by atoms with van der Waals surface area (Å²) in [5, 5.41) is 12.1. The third-order valence-corrected chi connectivity index (χ3v) is 7.81. The molecule has 1 aliphatic carbocycles. The van der Waals surface area contributed by atoms with Crippen LogP contribution < -0.4 is 0 Å². The van der Waals surface area contributed by atoms with E-state index in [1.54, 1.807) is 0 Å². The molecule has 190 valence electrons. The van der Waals surface area contributed by atoms with Crippen molar-refractivity contribution in [1.82, 2.24) is 5.06 Å². The zero-order chi connectivity index (χ0) is 23.9. The van der Waals surface area contributed by atoms with Crippen molar-refractivity contribution in [1.29, 1.82) is 0 Å². The van der Waals surface area contributed by atoms with Gasteiger partial charge in [-0.3, -0.25) is 0 Å². The van der Waals surface area contributed by atoms with Gasteiger partial charge in [-0.15, -0.1) is 0 Å². The molecule has 3 unspecified atom stereocenters. The van der Waals surface area contributed by atoms with E-state index in [0.717, 1.165) is 51.2 Å². The van der Waals surface area contributed by atoms with Gasteiger partial charge in [0.1, 0.15) is 0 Å². The summed E-state index contributed by atoms with van der Waals surface area (Å²) in [5.41, 5.74) is -0.545. The summed E-state index contributed by atoms with van der Waals surface area (Å²) in [7, 11) is 0. The third kappa shape index (κ3) is 8.54. The first-order valence-electron chi connectivity index (χ1n) is 13.3. The standard InChI is InChI=1S/C27H53NO4/c1-9-20(3)30-18-22-11-13-23(14-12-22)19-31-21(4)15-24(10-2)32-25-16-26(5,6)28(29)27(7,8)17-25/h20-25,29H,9-19H2,1-8H3. The first-order valence-corrected chi connectivity index (χ1v) is 13.3. The quantitative estimate of drug-likeness (QED) is 0.359. The van der Waals surface area contributed by atoms with E-state index in [2.05, 4.69) is 55.4 Å². The highest BCUT2D eigenvalue weighted by Gasteiger charge is 2.45. The van der Waals surface area contributed by atoms with Gasteiger partial charge < -0.3 is 19.4 Å². The molecule has 0 aromatic rings. The fraction of sp³-hybridized carbons (Fsp3) is 1.00. The van der Waals surface area contributed by atoms with Crippen molar-refractivity contribution < 1.29 is 19.4 Å². The lowest BCUT2D eigenvalue weighted by Crippen LogP contribution is -2.60. The molecule has 2 rings (SSSR count). The molecule has 0 radical (unpaired) electrons. The molecule has 32 heavy (non-hydrogen) atoms. The number of hydrogen-bond donors (Lipinski definition) is 1. The van der Waals surface area contributed by atoms with Gasteiger partial charge in [-0.1, -0.05) is 13.8 Å². The van der Waals surface area contributed by atoms with Gasteiger partial charge in [-0.2, -0.15) is 5.06 Å². The van der Waals surface area contributed by atoms with Crippen LogP contribution in [-0.2, 0) is 14.2 Å². The second-order valence-electron chi connectivity index (χ2n) is 12.0. The van der Waals surface area contributed by atoms with Gasteiger partial charge in [0.05, 0.1) is 24.4 Å². The summed E-state index contributed by atoms with van der Waals surface area (Å²) in [6.45, 7) is 19.0. The number of hydrogen-bond acceptors (Lipinski definition) is 5. The maximum absolute atomic E-state index is 10.5. The molecule has 5 nitrogen and oxygen atoms in total. The molecule has 5 heteroatoms. The Bertz CT molecular complexity index is 512. The van der Waals surface area contributed by atoms with Crippen molar-refractivity contribution in [2.75, 3.05) is 13.2 Å². The normalized spacial score (nSPS) is 29.5. The van der Waals surface area contributed by atoms with Crippen LogP contribution in [-0.4, -0.2) is 59.0 Å². The molecule has 1 aliphatic heterocycles. The van der Waals surface area contributed by atoms with E-state index in [-0.39, 0.29) is 29.4 Å². The van der Waals surface area contributed by atoms with Gasteiger partial charge in [0, 0.05) is 24.3 Å². The van der Waals surface area contributed by atoms with E-state index in [4.69, 9.17) is 14.2 Å². The Morgan fingerprint density at radius 3 is 1.72 bits per heavy atom. The fourth-order valence-electron chi connectivity index (χ4n) is 5.59. The average Bonchev–Trinajstić information content (AvgIpc) is 2.74. The summed E-state index contributed by atoms with van der Waals surface area (Å²) in [6, 6.07) is 0. The van der Waals surface area contributed by atoms with Gasteiger partial charge in [-0.25, -0.2) is 0 Å². The highest BCUT2D eigenvalue weighted by Crippen LogP contribution is 2.38. The topological polar surface area (TPSA) is 51.2 Å². The van der Waals surface area contributed by atoms with Crippen LogP contribution >= 0.6 is 0 Å². The minimum Gasteiger partial charge on any atom is -0.378 e. The molecule has 3 atom stereocenters. The number of hydroxylamine groups is 2. The predicted molar refractivity (Wildman–Crippen MR) is 131 cm³/mol. The smallest absolute Gasteiger partial charge is 0.0615 e. The second-order valence-corrected chi connectivity index (χ2v) is 12.0. The fourth-order valence-corrected chi connectivity index (χ4v) is 5.59. The van der Waals surface area contributed by atoms with Crippen LogP contribution in [0.15, 0.2) is 0 Å². The molecule has 0 aromatic heterocycles. The maximum atomic E-state index is 10.5. The lowest BCUT2D eigenvalue weighted by molar-refractivity contribution is -0.265. The average molecular weight is 456 g/mol. The minimum atomic E-state index is -0.273. The van der Waals surface area contributed by atoms with Crippen molar-refractivity contribution in [2.45, 2.75) is 149 Å². The van der Waals surface area contributed by atoms with Crippen molar-refractivity contribution in [3.05, 3.63) is 0 Å². The highest BCUT2D eigenvalue weighted by atomic mass is 16.5. The van der Waals surface area contributed by atoms with E-state index in [1.165, 1.54) is 30.7 Å². The largest absolute Gasteiger partial charge is 0.378 e. The Hall–Kier alpha value is -0.200. The number of ether oxygens (including phenoxy) is 3. The lowest BCUT2D eigenvalue weighted by Gasteiger charge is -2.51. The van der Waals surface area contributed by atoms with Crippen LogP contribution in [0, 0.1) is 11.8 Å². The molecular weight excluding hydrogens is 402 g/mol. The zero-order valence-electron chi connectivity index (χ0n) is 22.4. The minimum absolute atomic E-state index is 0.175. The molecule has 0 spiro atoms. The van der Waals surface area contributed by atoms with E-state index in [1.807, 2.05) is 0 Å². The monoisotopic (exact) mass is 455 g/mol. The van der Waals surface area contributed by atoms with Crippen molar-refractivity contribution >= 4 is 0 Å². The zero-order valence-corrected chi connectivity index (χ0v) is 22.4. The van der Waals surface area contributed by atoms with E-state index in [0.29, 0.717) is 12.0 Å². The first kappa shape index (κ1) is 28.0. The Morgan fingerprint density at radius 2 is 1.28 bits per heavy atom.